The van der Waals surface area contributed by atoms with Gasteiger partial charge in [-0.15, -0.1) is 0 Å². The van der Waals surface area contributed by atoms with Crippen LogP contribution in [-0.2, 0) is 0 Å². The molecule has 1 fully saturated rings. The number of rotatable bonds is 3. The van der Waals surface area contributed by atoms with Crippen LogP contribution in [0.5, 0.6) is 0 Å². The molecule has 1 aliphatic heterocycles. The number of nitrogens with zero attached hydrogens (tertiary/aromatic N) is 3. The molecule has 4 nitrogen and oxygen atoms in total. The normalized spacial score (nSPS) is 16.4. The minimum atomic E-state index is 0.813. The van der Waals surface area contributed by atoms with Gasteiger partial charge in [-0.3, -0.25) is 4.99 Å². The van der Waals surface area contributed by atoms with Gasteiger partial charge in [0.05, 0.1) is 10.7 Å². The third kappa shape index (κ3) is 3.57. The Balaban J connectivity index is 1.98. The summed E-state index contributed by atoms with van der Waals surface area (Å²) in [7, 11) is 0. The van der Waals surface area contributed by atoms with Gasteiger partial charge in [-0.2, -0.15) is 0 Å². The van der Waals surface area contributed by atoms with Gasteiger partial charge < -0.3 is 15.1 Å². The van der Waals surface area contributed by atoms with Crippen molar-refractivity contribution in [2.75, 3.05) is 44.2 Å². The first-order chi connectivity index (χ1) is 9.76. The quantitative estimate of drug-likeness (QED) is 0.686. The zero-order valence-electron chi connectivity index (χ0n) is 12.3. The van der Waals surface area contributed by atoms with E-state index in [1.54, 1.807) is 0 Å². The summed E-state index contributed by atoms with van der Waals surface area (Å²) in [6, 6.07) is 8.05. The average molecular weight is 295 g/mol. The van der Waals surface area contributed by atoms with Crippen LogP contribution in [0.1, 0.15) is 13.8 Å². The lowest BCUT2D eigenvalue weighted by Crippen LogP contribution is -2.52. The van der Waals surface area contributed by atoms with Gasteiger partial charge in [0.1, 0.15) is 0 Å². The van der Waals surface area contributed by atoms with E-state index in [9.17, 15) is 0 Å². The molecule has 1 heterocycles. The lowest BCUT2D eigenvalue weighted by atomic mass is 10.2. The zero-order chi connectivity index (χ0) is 14.4. The molecule has 0 bridgehead atoms. The highest BCUT2D eigenvalue weighted by Gasteiger charge is 2.20. The number of benzene rings is 1. The van der Waals surface area contributed by atoms with E-state index < -0.39 is 0 Å². The largest absolute Gasteiger partial charge is 0.367 e. The average Bonchev–Trinajstić information content (AvgIpc) is 2.48. The highest BCUT2D eigenvalue weighted by molar-refractivity contribution is 6.33. The zero-order valence-corrected chi connectivity index (χ0v) is 13.0. The van der Waals surface area contributed by atoms with E-state index in [0.717, 1.165) is 55.9 Å². The lowest BCUT2D eigenvalue weighted by Gasteiger charge is -2.38. The van der Waals surface area contributed by atoms with Crippen molar-refractivity contribution in [3.8, 4) is 0 Å². The van der Waals surface area contributed by atoms with Crippen LogP contribution in [0.2, 0.25) is 5.02 Å². The van der Waals surface area contributed by atoms with Gasteiger partial charge in [0.15, 0.2) is 5.96 Å². The highest BCUT2D eigenvalue weighted by Crippen LogP contribution is 2.25. The molecule has 5 heteroatoms. The molecule has 0 atom stereocenters. The first-order valence-electron chi connectivity index (χ1n) is 7.29. The fourth-order valence-electron chi connectivity index (χ4n) is 2.44. The smallest absolute Gasteiger partial charge is 0.194 e. The molecular weight excluding hydrogens is 272 g/mol. The first-order valence-corrected chi connectivity index (χ1v) is 7.66. The molecular formula is C15H23ClN4. The summed E-state index contributed by atoms with van der Waals surface area (Å²) in [6.07, 6.45) is 0. The number of anilines is 1. The fourth-order valence-corrected chi connectivity index (χ4v) is 2.70. The third-order valence-corrected chi connectivity index (χ3v) is 3.73. The molecule has 1 N–H and O–H groups in total. The van der Waals surface area contributed by atoms with E-state index in [1.807, 2.05) is 18.2 Å². The second kappa shape index (κ2) is 7.39. The molecule has 2 rings (SSSR count). The van der Waals surface area contributed by atoms with Gasteiger partial charge in [-0.25, -0.2) is 0 Å². The summed E-state index contributed by atoms with van der Waals surface area (Å²) in [5.74, 6) is 1.02. The van der Waals surface area contributed by atoms with E-state index in [2.05, 4.69) is 40.0 Å². The van der Waals surface area contributed by atoms with Crippen molar-refractivity contribution >= 4 is 23.2 Å². The molecule has 0 spiro atoms. The van der Waals surface area contributed by atoms with Gasteiger partial charge in [0.2, 0.25) is 0 Å². The molecule has 0 saturated carbocycles. The maximum atomic E-state index is 6.26. The summed E-state index contributed by atoms with van der Waals surface area (Å²) in [5, 5.41) is 4.18. The standard InChI is InChI=1S/C15H23ClN4/c1-3-17-15(18-4-2)20-11-9-19(10-12-20)14-8-6-5-7-13(14)16/h5-8H,3-4,9-12H2,1-2H3,(H,17,18). The number of halogens is 1. The highest BCUT2D eigenvalue weighted by atomic mass is 35.5. The molecule has 110 valence electrons. The van der Waals surface area contributed by atoms with Crippen molar-refractivity contribution in [3.63, 3.8) is 0 Å². The Morgan fingerprint density at radius 2 is 1.90 bits per heavy atom. The van der Waals surface area contributed by atoms with Gasteiger partial charge in [-0.05, 0) is 26.0 Å². The topological polar surface area (TPSA) is 30.9 Å². The minimum Gasteiger partial charge on any atom is -0.367 e. The van der Waals surface area contributed by atoms with Crippen molar-refractivity contribution in [1.29, 1.82) is 0 Å². The maximum absolute atomic E-state index is 6.26. The SMILES string of the molecule is CCN=C(NCC)N1CCN(c2ccccc2Cl)CC1. The number of aliphatic imine (C=N–C) groups is 1. The van der Waals surface area contributed by atoms with E-state index in [0.29, 0.717) is 0 Å². The first kappa shape index (κ1) is 15.0. The summed E-state index contributed by atoms with van der Waals surface area (Å²) >= 11 is 6.26. The molecule has 0 radical (unpaired) electrons. The Bertz CT molecular complexity index is 453. The van der Waals surface area contributed by atoms with Crippen LogP contribution in [0.3, 0.4) is 0 Å². The van der Waals surface area contributed by atoms with Crippen LogP contribution < -0.4 is 10.2 Å². The van der Waals surface area contributed by atoms with Crippen molar-refractivity contribution in [2.45, 2.75) is 13.8 Å². The molecule has 0 unspecified atom stereocenters. The Morgan fingerprint density at radius 1 is 1.20 bits per heavy atom. The summed E-state index contributed by atoms with van der Waals surface area (Å²) < 4.78 is 0. The Hall–Kier alpha value is -1.42. The number of piperazine rings is 1. The summed E-state index contributed by atoms with van der Waals surface area (Å²) in [4.78, 5) is 9.20. The van der Waals surface area contributed by atoms with Gasteiger partial charge in [-0.1, -0.05) is 23.7 Å². The van der Waals surface area contributed by atoms with Crippen LogP contribution in [0.4, 0.5) is 5.69 Å². The molecule has 1 aliphatic rings. The molecule has 1 saturated heterocycles. The molecule has 20 heavy (non-hydrogen) atoms. The second-order valence-electron chi connectivity index (χ2n) is 4.75. The molecule has 0 amide bonds. The van der Waals surface area contributed by atoms with Gasteiger partial charge >= 0.3 is 0 Å². The molecule has 1 aromatic carbocycles. The number of guanidine groups is 1. The Morgan fingerprint density at radius 3 is 2.50 bits per heavy atom. The number of para-hydroxylation sites is 1. The molecule has 0 aliphatic carbocycles. The van der Waals surface area contributed by atoms with Crippen LogP contribution >= 0.6 is 11.6 Å². The fraction of sp³-hybridized carbons (Fsp3) is 0.533. The molecule has 0 aromatic heterocycles. The number of nitrogens with one attached hydrogen (secondary N) is 1. The van der Waals surface area contributed by atoms with Gasteiger partial charge in [0.25, 0.3) is 0 Å². The maximum Gasteiger partial charge on any atom is 0.194 e. The van der Waals surface area contributed by atoms with Crippen LogP contribution in [0, 0.1) is 0 Å². The van der Waals surface area contributed by atoms with Crippen molar-refractivity contribution in [2.24, 2.45) is 4.99 Å². The van der Waals surface area contributed by atoms with Crippen molar-refractivity contribution in [1.82, 2.24) is 10.2 Å². The number of hydrogen-bond donors (Lipinski definition) is 1. The molecule has 1 aromatic rings. The second-order valence-corrected chi connectivity index (χ2v) is 5.16. The van der Waals surface area contributed by atoms with E-state index in [-0.39, 0.29) is 0 Å². The van der Waals surface area contributed by atoms with Crippen molar-refractivity contribution in [3.05, 3.63) is 29.3 Å². The van der Waals surface area contributed by atoms with Crippen LogP contribution in [0.25, 0.3) is 0 Å². The predicted molar refractivity (Wildman–Crippen MR) is 86.9 cm³/mol. The third-order valence-electron chi connectivity index (χ3n) is 3.42. The monoisotopic (exact) mass is 294 g/mol. The summed E-state index contributed by atoms with van der Waals surface area (Å²) in [6.45, 7) is 9.77. The van der Waals surface area contributed by atoms with E-state index in [1.165, 1.54) is 0 Å². The Kier molecular flexibility index (Phi) is 5.53. The van der Waals surface area contributed by atoms with Gasteiger partial charge in [0, 0.05) is 39.3 Å². The minimum absolute atomic E-state index is 0.813. The summed E-state index contributed by atoms with van der Waals surface area (Å²) in [5.41, 5.74) is 1.13. The Labute approximate surface area is 126 Å². The number of hydrogen-bond acceptors (Lipinski definition) is 2. The van der Waals surface area contributed by atoms with Crippen LogP contribution in [-0.4, -0.2) is 50.1 Å². The van der Waals surface area contributed by atoms with E-state index in [4.69, 9.17) is 11.6 Å². The van der Waals surface area contributed by atoms with Crippen molar-refractivity contribution < 1.29 is 0 Å². The van der Waals surface area contributed by atoms with Crippen LogP contribution in [0.15, 0.2) is 29.3 Å². The van der Waals surface area contributed by atoms with E-state index >= 15 is 0 Å². The predicted octanol–water partition coefficient (Wildman–Crippen LogP) is 2.45. The lowest BCUT2D eigenvalue weighted by molar-refractivity contribution is 0.373.